The van der Waals surface area contributed by atoms with E-state index in [9.17, 15) is 14.4 Å². The van der Waals surface area contributed by atoms with Crippen molar-refractivity contribution < 1.29 is 24.2 Å². The number of aromatic nitrogens is 2. The van der Waals surface area contributed by atoms with Crippen LogP contribution in [0.1, 0.15) is 20.7 Å². The molecule has 1 aromatic heterocycles. The average molecular weight is 450 g/mol. The number of esters is 1. The minimum atomic E-state index is -1.22. The van der Waals surface area contributed by atoms with Gasteiger partial charge in [-0.1, -0.05) is 41.9 Å². The second kappa shape index (κ2) is 8.91. The molecule has 0 saturated heterocycles. The van der Waals surface area contributed by atoms with Crippen LogP contribution in [0.3, 0.4) is 0 Å². The molecule has 3 aromatic carbocycles. The SMILES string of the molecule is O=C(COC(=O)c1ccccc1-c1nc2ccccc2[nH]1)Nc1ccc(Cl)c(C(=O)O)c1. The van der Waals surface area contributed by atoms with Crippen molar-refractivity contribution in [3.05, 3.63) is 82.9 Å². The first-order valence-corrected chi connectivity index (χ1v) is 9.84. The van der Waals surface area contributed by atoms with Gasteiger partial charge in [-0.15, -0.1) is 0 Å². The van der Waals surface area contributed by atoms with Gasteiger partial charge in [-0.05, 0) is 36.4 Å². The first-order valence-electron chi connectivity index (χ1n) is 9.46. The van der Waals surface area contributed by atoms with Crippen LogP contribution in [0.2, 0.25) is 5.02 Å². The van der Waals surface area contributed by atoms with Crippen molar-refractivity contribution >= 4 is 46.2 Å². The minimum absolute atomic E-state index is 0.0455. The monoisotopic (exact) mass is 449 g/mol. The summed E-state index contributed by atoms with van der Waals surface area (Å²) < 4.78 is 5.16. The zero-order chi connectivity index (χ0) is 22.7. The van der Waals surface area contributed by atoms with Crippen LogP contribution < -0.4 is 5.32 Å². The number of imidazole rings is 1. The zero-order valence-corrected chi connectivity index (χ0v) is 17.2. The Balaban J connectivity index is 1.46. The Bertz CT molecular complexity index is 1320. The van der Waals surface area contributed by atoms with Gasteiger partial charge in [-0.25, -0.2) is 14.6 Å². The number of halogens is 1. The van der Waals surface area contributed by atoms with Crippen molar-refractivity contribution in [3.63, 3.8) is 0 Å². The summed E-state index contributed by atoms with van der Waals surface area (Å²) in [5.74, 6) is -2.04. The second-order valence-corrected chi connectivity index (χ2v) is 7.18. The molecule has 1 heterocycles. The smallest absolute Gasteiger partial charge is 0.339 e. The number of ether oxygens (including phenoxy) is 1. The molecule has 8 nitrogen and oxygen atoms in total. The highest BCUT2D eigenvalue weighted by Gasteiger charge is 2.18. The molecule has 0 spiro atoms. The van der Waals surface area contributed by atoms with Crippen molar-refractivity contribution in [1.82, 2.24) is 9.97 Å². The van der Waals surface area contributed by atoms with E-state index in [2.05, 4.69) is 15.3 Å². The number of anilines is 1. The number of hydrogen-bond acceptors (Lipinski definition) is 5. The molecule has 0 saturated carbocycles. The number of nitrogens with one attached hydrogen (secondary N) is 2. The normalized spacial score (nSPS) is 10.7. The predicted molar refractivity (Wildman–Crippen MR) is 119 cm³/mol. The molecule has 9 heteroatoms. The Morgan fingerprint density at radius 2 is 1.75 bits per heavy atom. The second-order valence-electron chi connectivity index (χ2n) is 6.77. The van der Waals surface area contributed by atoms with Crippen LogP contribution >= 0.6 is 11.6 Å². The van der Waals surface area contributed by atoms with Gasteiger partial charge in [0.05, 0.1) is 27.2 Å². The van der Waals surface area contributed by atoms with E-state index in [-0.39, 0.29) is 21.8 Å². The number of fused-ring (bicyclic) bond motifs is 1. The van der Waals surface area contributed by atoms with Crippen molar-refractivity contribution in [2.24, 2.45) is 0 Å². The van der Waals surface area contributed by atoms with Crippen LogP contribution in [0.5, 0.6) is 0 Å². The van der Waals surface area contributed by atoms with Crippen LogP contribution in [0, 0.1) is 0 Å². The number of rotatable bonds is 6. The fourth-order valence-electron chi connectivity index (χ4n) is 3.12. The van der Waals surface area contributed by atoms with Crippen molar-refractivity contribution in [2.45, 2.75) is 0 Å². The van der Waals surface area contributed by atoms with Gasteiger partial charge in [0, 0.05) is 11.3 Å². The summed E-state index contributed by atoms with van der Waals surface area (Å²) >= 11 is 5.82. The molecule has 160 valence electrons. The van der Waals surface area contributed by atoms with Gasteiger partial charge in [-0.3, -0.25) is 4.79 Å². The van der Waals surface area contributed by atoms with E-state index >= 15 is 0 Å². The molecule has 0 fully saturated rings. The number of para-hydroxylation sites is 2. The molecule has 0 aliphatic carbocycles. The van der Waals surface area contributed by atoms with Gasteiger partial charge < -0.3 is 20.1 Å². The lowest BCUT2D eigenvalue weighted by molar-refractivity contribution is -0.119. The molecule has 0 aliphatic heterocycles. The molecule has 0 atom stereocenters. The van der Waals surface area contributed by atoms with Gasteiger partial charge in [0.25, 0.3) is 5.91 Å². The number of carboxylic acids is 1. The van der Waals surface area contributed by atoms with Crippen molar-refractivity contribution in [2.75, 3.05) is 11.9 Å². The summed E-state index contributed by atoms with van der Waals surface area (Å²) in [4.78, 5) is 43.7. The number of carboxylic acid groups (broad SMARTS) is 1. The molecule has 4 rings (SSSR count). The Morgan fingerprint density at radius 1 is 1.00 bits per heavy atom. The first kappa shape index (κ1) is 21.1. The van der Waals surface area contributed by atoms with E-state index in [1.165, 1.54) is 18.2 Å². The summed E-state index contributed by atoms with van der Waals surface area (Å²) in [6, 6.07) is 18.3. The van der Waals surface area contributed by atoms with Crippen LogP contribution in [-0.4, -0.2) is 39.5 Å². The highest BCUT2D eigenvalue weighted by molar-refractivity contribution is 6.33. The third-order valence-corrected chi connectivity index (χ3v) is 4.94. The number of aromatic amines is 1. The fraction of sp³-hybridized carbons (Fsp3) is 0.0435. The standard InChI is InChI=1S/C23H16ClN3O5/c24-17-10-9-13(11-16(17)22(29)30)25-20(28)12-32-23(31)15-6-2-1-5-14(15)21-26-18-7-3-4-8-19(18)27-21/h1-11H,12H2,(H,25,28)(H,26,27)(H,29,30). The Morgan fingerprint density at radius 3 is 2.53 bits per heavy atom. The number of hydrogen-bond donors (Lipinski definition) is 3. The Hall–Kier alpha value is -4.17. The van der Waals surface area contributed by atoms with Crippen LogP contribution in [-0.2, 0) is 9.53 Å². The van der Waals surface area contributed by atoms with E-state index in [0.29, 0.717) is 11.4 Å². The summed E-state index contributed by atoms with van der Waals surface area (Å²) in [6.45, 7) is -0.557. The Labute approximate surface area is 186 Å². The molecule has 0 unspecified atom stereocenters. The maximum absolute atomic E-state index is 12.7. The first-order chi connectivity index (χ1) is 15.4. The van der Waals surface area contributed by atoms with Gasteiger partial charge in [0.1, 0.15) is 5.82 Å². The van der Waals surface area contributed by atoms with E-state index in [1.54, 1.807) is 24.3 Å². The predicted octanol–water partition coefficient (Wildman–Crippen LogP) is 4.38. The molecule has 0 radical (unpaired) electrons. The number of H-pyrrole nitrogens is 1. The quantitative estimate of drug-likeness (QED) is 0.375. The minimum Gasteiger partial charge on any atom is -0.478 e. The van der Waals surface area contributed by atoms with Gasteiger partial charge in [0.2, 0.25) is 0 Å². The lowest BCUT2D eigenvalue weighted by Crippen LogP contribution is -2.21. The summed E-state index contributed by atoms with van der Waals surface area (Å²) in [7, 11) is 0. The van der Waals surface area contributed by atoms with Gasteiger partial charge >= 0.3 is 11.9 Å². The van der Waals surface area contributed by atoms with Crippen LogP contribution in [0.25, 0.3) is 22.4 Å². The molecular weight excluding hydrogens is 434 g/mol. The lowest BCUT2D eigenvalue weighted by atomic mass is 10.1. The molecule has 0 bridgehead atoms. The molecule has 1 amide bonds. The lowest BCUT2D eigenvalue weighted by Gasteiger charge is -2.09. The molecule has 3 N–H and O–H groups in total. The van der Waals surface area contributed by atoms with Crippen molar-refractivity contribution in [3.8, 4) is 11.4 Å². The maximum Gasteiger partial charge on any atom is 0.339 e. The third-order valence-electron chi connectivity index (χ3n) is 4.61. The van der Waals surface area contributed by atoms with Gasteiger partial charge in [0.15, 0.2) is 6.61 Å². The summed E-state index contributed by atoms with van der Waals surface area (Å²) in [5.41, 5.74) is 2.44. The van der Waals surface area contributed by atoms with Crippen LogP contribution in [0.15, 0.2) is 66.7 Å². The van der Waals surface area contributed by atoms with E-state index < -0.39 is 24.5 Å². The third kappa shape index (κ3) is 4.45. The summed E-state index contributed by atoms with van der Waals surface area (Å²) in [6.07, 6.45) is 0. The molecule has 4 aromatic rings. The van der Waals surface area contributed by atoms with Crippen LogP contribution in [0.4, 0.5) is 5.69 Å². The highest BCUT2D eigenvalue weighted by Crippen LogP contribution is 2.25. The van der Waals surface area contributed by atoms with Gasteiger partial charge in [-0.2, -0.15) is 0 Å². The number of carbonyl (C=O) groups excluding carboxylic acids is 2. The van der Waals surface area contributed by atoms with E-state index in [1.807, 2.05) is 24.3 Å². The largest absolute Gasteiger partial charge is 0.478 e. The number of nitrogens with zero attached hydrogens (tertiary/aromatic N) is 1. The zero-order valence-electron chi connectivity index (χ0n) is 16.5. The number of aromatic carboxylic acids is 1. The number of amides is 1. The molecule has 0 aliphatic rings. The molecule has 32 heavy (non-hydrogen) atoms. The molecular formula is C23H16ClN3O5. The number of benzene rings is 3. The number of carbonyl (C=O) groups is 3. The average Bonchev–Trinajstić information content (AvgIpc) is 3.23. The summed E-state index contributed by atoms with van der Waals surface area (Å²) in [5, 5.41) is 11.6. The van der Waals surface area contributed by atoms with Crippen molar-refractivity contribution in [1.29, 1.82) is 0 Å². The topological polar surface area (TPSA) is 121 Å². The fourth-order valence-corrected chi connectivity index (χ4v) is 3.32. The van der Waals surface area contributed by atoms with E-state index in [0.717, 1.165) is 11.0 Å². The maximum atomic E-state index is 12.7. The van der Waals surface area contributed by atoms with E-state index in [4.69, 9.17) is 21.4 Å². The highest BCUT2D eigenvalue weighted by atomic mass is 35.5. The Kier molecular flexibility index (Phi) is 5.87.